The first-order valence-electron chi connectivity index (χ1n) is 10.0. The van der Waals surface area contributed by atoms with E-state index in [4.69, 9.17) is 4.52 Å². The van der Waals surface area contributed by atoms with E-state index in [9.17, 15) is 9.59 Å². The van der Waals surface area contributed by atoms with Gasteiger partial charge in [-0.15, -0.1) is 0 Å². The van der Waals surface area contributed by atoms with Crippen LogP contribution in [-0.4, -0.2) is 56.6 Å². The van der Waals surface area contributed by atoms with Gasteiger partial charge < -0.3 is 14.0 Å². The SMILES string of the molecule is Cc1ccc(-c2noc(C(C)N3CCN(C(=O)c4ccn(C)c(=O)c4)CC3)n2)cc1. The Morgan fingerprint density at radius 3 is 2.47 bits per heavy atom. The average molecular weight is 407 g/mol. The normalized spacial score (nSPS) is 15.9. The molecule has 0 saturated carbocycles. The first kappa shape index (κ1) is 20.0. The summed E-state index contributed by atoms with van der Waals surface area (Å²) in [5, 5.41) is 4.12. The van der Waals surface area contributed by atoms with E-state index in [0.29, 0.717) is 43.5 Å². The lowest BCUT2D eigenvalue weighted by Crippen LogP contribution is -2.49. The molecule has 1 unspecified atom stereocenters. The van der Waals surface area contributed by atoms with E-state index in [0.717, 1.165) is 5.56 Å². The third kappa shape index (κ3) is 4.04. The topological polar surface area (TPSA) is 84.5 Å². The molecule has 1 amide bonds. The summed E-state index contributed by atoms with van der Waals surface area (Å²) < 4.78 is 6.96. The predicted molar refractivity (Wildman–Crippen MR) is 112 cm³/mol. The summed E-state index contributed by atoms with van der Waals surface area (Å²) in [6, 6.07) is 11.0. The standard InChI is InChI=1S/C22H25N5O3/c1-15-4-6-17(7-5-15)20-23-21(30-24-20)16(2)26-10-12-27(13-11-26)22(29)18-8-9-25(3)19(28)14-18/h4-9,14,16H,10-13H2,1-3H3. The number of piperazine rings is 1. The van der Waals surface area contributed by atoms with Crippen molar-refractivity contribution in [2.45, 2.75) is 19.9 Å². The van der Waals surface area contributed by atoms with Crippen molar-refractivity contribution in [2.75, 3.05) is 26.2 Å². The van der Waals surface area contributed by atoms with E-state index < -0.39 is 0 Å². The van der Waals surface area contributed by atoms with Gasteiger partial charge in [0.1, 0.15) is 0 Å². The number of nitrogens with zero attached hydrogens (tertiary/aromatic N) is 5. The van der Waals surface area contributed by atoms with E-state index in [1.54, 1.807) is 24.2 Å². The van der Waals surface area contributed by atoms with Crippen LogP contribution >= 0.6 is 0 Å². The second-order valence-electron chi connectivity index (χ2n) is 7.69. The maximum atomic E-state index is 12.7. The van der Waals surface area contributed by atoms with E-state index in [-0.39, 0.29) is 17.5 Å². The van der Waals surface area contributed by atoms with E-state index in [2.05, 4.69) is 15.0 Å². The fourth-order valence-corrected chi connectivity index (χ4v) is 3.56. The number of aryl methyl sites for hydroxylation is 2. The molecule has 0 bridgehead atoms. The van der Waals surface area contributed by atoms with Gasteiger partial charge in [0.05, 0.1) is 6.04 Å². The summed E-state index contributed by atoms with van der Waals surface area (Å²) in [6.07, 6.45) is 1.62. The number of benzene rings is 1. The first-order valence-corrected chi connectivity index (χ1v) is 10.0. The van der Waals surface area contributed by atoms with Gasteiger partial charge in [-0.1, -0.05) is 35.0 Å². The Balaban J connectivity index is 1.39. The minimum Gasteiger partial charge on any atom is -0.337 e. The van der Waals surface area contributed by atoms with Gasteiger partial charge in [-0.2, -0.15) is 4.98 Å². The van der Waals surface area contributed by atoms with Gasteiger partial charge in [0.25, 0.3) is 11.5 Å². The van der Waals surface area contributed by atoms with Gasteiger partial charge in [0, 0.05) is 56.6 Å². The van der Waals surface area contributed by atoms with Crippen LogP contribution in [0, 0.1) is 6.92 Å². The lowest BCUT2D eigenvalue weighted by Gasteiger charge is -2.36. The first-order chi connectivity index (χ1) is 14.4. The molecule has 156 valence electrons. The Bertz CT molecular complexity index is 1090. The fourth-order valence-electron chi connectivity index (χ4n) is 3.56. The van der Waals surface area contributed by atoms with Crippen LogP contribution in [0.1, 0.15) is 34.8 Å². The number of rotatable bonds is 4. The fraction of sp³-hybridized carbons (Fsp3) is 0.364. The molecule has 8 nitrogen and oxygen atoms in total. The van der Waals surface area contributed by atoms with Crippen LogP contribution in [0.15, 0.2) is 51.9 Å². The lowest BCUT2D eigenvalue weighted by atomic mass is 10.1. The summed E-state index contributed by atoms with van der Waals surface area (Å²) >= 11 is 0. The molecule has 3 heterocycles. The quantitative estimate of drug-likeness (QED) is 0.660. The van der Waals surface area contributed by atoms with Crippen LogP contribution < -0.4 is 5.56 Å². The van der Waals surface area contributed by atoms with Crippen LogP contribution in [0.25, 0.3) is 11.4 Å². The number of hydrogen-bond donors (Lipinski definition) is 0. The zero-order valence-electron chi connectivity index (χ0n) is 17.4. The minimum atomic E-state index is -0.186. The van der Waals surface area contributed by atoms with Gasteiger partial charge in [-0.05, 0) is 19.9 Å². The third-order valence-corrected chi connectivity index (χ3v) is 5.61. The van der Waals surface area contributed by atoms with Gasteiger partial charge in [0.2, 0.25) is 11.7 Å². The van der Waals surface area contributed by atoms with Crippen molar-refractivity contribution >= 4 is 5.91 Å². The summed E-state index contributed by atoms with van der Waals surface area (Å²) in [5.74, 6) is 1.03. The molecule has 0 aliphatic carbocycles. The van der Waals surface area contributed by atoms with Crippen LogP contribution in [0.4, 0.5) is 0 Å². The molecule has 1 aliphatic rings. The zero-order chi connectivity index (χ0) is 21.3. The summed E-state index contributed by atoms with van der Waals surface area (Å²) in [5.41, 5.74) is 2.35. The van der Waals surface area contributed by atoms with Crippen molar-refractivity contribution in [1.29, 1.82) is 0 Å². The number of carbonyl (C=O) groups is 1. The molecule has 3 aromatic rings. The van der Waals surface area contributed by atoms with Crippen LogP contribution in [-0.2, 0) is 7.05 Å². The average Bonchev–Trinajstić information content (AvgIpc) is 3.25. The Kier molecular flexibility index (Phi) is 5.50. The number of amides is 1. The highest BCUT2D eigenvalue weighted by Crippen LogP contribution is 2.24. The van der Waals surface area contributed by atoms with Crippen molar-refractivity contribution < 1.29 is 9.32 Å². The summed E-state index contributed by atoms with van der Waals surface area (Å²) in [4.78, 5) is 33.1. The Morgan fingerprint density at radius 1 is 1.10 bits per heavy atom. The van der Waals surface area contributed by atoms with E-state index in [1.807, 2.05) is 38.1 Å². The smallest absolute Gasteiger partial charge is 0.254 e. The largest absolute Gasteiger partial charge is 0.337 e. The summed E-state index contributed by atoms with van der Waals surface area (Å²) in [7, 11) is 1.67. The Morgan fingerprint density at radius 2 is 1.80 bits per heavy atom. The number of carbonyl (C=O) groups excluding carboxylic acids is 1. The van der Waals surface area contributed by atoms with Crippen LogP contribution in [0.3, 0.4) is 0 Å². The second kappa shape index (κ2) is 8.23. The van der Waals surface area contributed by atoms with E-state index in [1.165, 1.54) is 16.2 Å². The molecule has 1 aromatic carbocycles. The molecule has 8 heteroatoms. The van der Waals surface area contributed by atoms with E-state index >= 15 is 0 Å². The molecule has 0 spiro atoms. The minimum absolute atomic E-state index is 0.0435. The second-order valence-corrected chi connectivity index (χ2v) is 7.69. The van der Waals surface area contributed by atoms with Crippen molar-refractivity contribution in [3.05, 3.63) is 70.0 Å². The number of hydrogen-bond acceptors (Lipinski definition) is 6. The Labute approximate surface area is 174 Å². The molecular formula is C22H25N5O3. The highest BCUT2D eigenvalue weighted by Gasteiger charge is 2.28. The number of pyridine rings is 1. The van der Waals surface area contributed by atoms with Crippen LogP contribution in [0.2, 0.25) is 0 Å². The van der Waals surface area contributed by atoms with Crippen molar-refractivity contribution in [3.8, 4) is 11.4 Å². The Hall–Kier alpha value is -3.26. The molecule has 1 saturated heterocycles. The van der Waals surface area contributed by atoms with Crippen molar-refractivity contribution in [1.82, 2.24) is 24.5 Å². The molecule has 30 heavy (non-hydrogen) atoms. The third-order valence-electron chi connectivity index (χ3n) is 5.61. The highest BCUT2D eigenvalue weighted by atomic mass is 16.5. The molecule has 1 aliphatic heterocycles. The molecular weight excluding hydrogens is 382 g/mol. The van der Waals surface area contributed by atoms with Gasteiger partial charge in [-0.3, -0.25) is 14.5 Å². The molecule has 1 atom stereocenters. The van der Waals surface area contributed by atoms with Gasteiger partial charge >= 0.3 is 0 Å². The molecule has 2 aromatic heterocycles. The van der Waals surface area contributed by atoms with Crippen molar-refractivity contribution in [2.24, 2.45) is 7.05 Å². The van der Waals surface area contributed by atoms with Gasteiger partial charge in [0.15, 0.2) is 0 Å². The summed E-state index contributed by atoms with van der Waals surface area (Å²) in [6.45, 7) is 6.62. The molecule has 1 fully saturated rings. The maximum Gasteiger partial charge on any atom is 0.254 e. The molecule has 0 N–H and O–H groups in total. The monoisotopic (exact) mass is 407 g/mol. The maximum absolute atomic E-state index is 12.7. The zero-order valence-corrected chi connectivity index (χ0v) is 17.4. The van der Waals surface area contributed by atoms with Crippen molar-refractivity contribution in [3.63, 3.8) is 0 Å². The highest BCUT2D eigenvalue weighted by molar-refractivity contribution is 5.94. The van der Waals surface area contributed by atoms with Gasteiger partial charge in [-0.25, -0.2) is 0 Å². The lowest BCUT2D eigenvalue weighted by molar-refractivity contribution is 0.0551. The number of aromatic nitrogens is 3. The molecule has 0 radical (unpaired) electrons. The molecule has 4 rings (SSSR count). The van der Waals surface area contributed by atoms with Crippen LogP contribution in [0.5, 0.6) is 0 Å². The predicted octanol–water partition coefficient (Wildman–Crippen LogP) is 2.26.